The highest BCUT2D eigenvalue weighted by atomic mass is 14.6. The van der Waals surface area contributed by atoms with Gasteiger partial charge in [0, 0.05) is 13.3 Å². The first-order valence-corrected chi connectivity index (χ1v) is 6.07. The third-order valence-corrected chi connectivity index (χ3v) is 2.54. The molecule has 0 aromatic carbocycles. The molecule has 0 saturated heterocycles. The summed E-state index contributed by atoms with van der Waals surface area (Å²) in [6.45, 7) is 10.8. The second-order valence-corrected chi connectivity index (χ2v) is 4.06. The summed E-state index contributed by atoms with van der Waals surface area (Å²) in [6.07, 6.45) is 9.60. The molecule has 0 rings (SSSR count). The van der Waals surface area contributed by atoms with Crippen LogP contribution in [-0.2, 0) is 0 Å². The summed E-state index contributed by atoms with van der Waals surface area (Å²) in [6, 6.07) is 0. The van der Waals surface area contributed by atoms with Gasteiger partial charge < -0.3 is 0 Å². The first kappa shape index (κ1) is 14.9. The maximum absolute atomic E-state index is 4.14. The number of nitrogens with zero attached hydrogens (tertiary/aromatic N) is 1. The van der Waals surface area contributed by atoms with Gasteiger partial charge in [0.15, 0.2) is 0 Å². The number of hydrogen-bond donors (Lipinski definition) is 0. The molecular formula is C15H25N. The second-order valence-electron chi connectivity index (χ2n) is 4.06. The largest absolute Gasteiger partial charge is 0.296 e. The molecule has 0 fully saturated rings. The predicted molar refractivity (Wildman–Crippen MR) is 75.1 cm³/mol. The minimum absolute atomic E-state index is 0.543. The molecule has 0 aromatic rings. The predicted octanol–water partition coefficient (Wildman–Crippen LogP) is 4.57. The third kappa shape index (κ3) is 4.18. The van der Waals surface area contributed by atoms with Gasteiger partial charge in [0.1, 0.15) is 0 Å². The molecule has 1 nitrogen and oxygen atoms in total. The normalized spacial score (nSPS) is 15.3. The average Bonchev–Trinajstić information content (AvgIpc) is 2.25. The fraction of sp³-hybridized carbons (Fsp3) is 0.533. The first-order valence-electron chi connectivity index (χ1n) is 6.07. The highest BCUT2D eigenvalue weighted by Crippen LogP contribution is 2.25. The van der Waals surface area contributed by atoms with Crippen molar-refractivity contribution < 1.29 is 0 Å². The topological polar surface area (TPSA) is 12.4 Å². The summed E-state index contributed by atoms with van der Waals surface area (Å²) >= 11 is 0. The highest BCUT2D eigenvalue weighted by molar-refractivity contribution is 5.86. The van der Waals surface area contributed by atoms with E-state index in [0.29, 0.717) is 5.92 Å². The van der Waals surface area contributed by atoms with Gasteiger partial charge in [-0.2, -0.15) is 0 Å². The first-order chi connectivity index (χ1) is 7.62. The van der Waals surface area contributed by atoms with Gasteiger partial charge in [-0.1, -0.05) is 39.0 Å². The lowest BCUT2D eigenvalue weighted by molar-refractivity contribution is 0.779. The summed E-state index contributed by atoms with van der Waals surface area (Å²) < 4.78 is 0. The van der Waals surface area contributed by atoms with E-state index in [1.807, 2.05) is 13.3 Å². The molecule has 0 spiro atoms. The van der Waals surface area contributed by atoms with Crippen molar-refractivity contribution in [2.24, 2.45) is 10.9 Å². The molecule has 0 saturated carbocycles. The van der Waals surface area contributed by atoms with E-state index in [1.54, 1.807) is 0 Å². The van der Waals surface area contributed by atoms with Crippen LogP contribution >= 0.6 is 0 Å². The van der Waals surface area contributed by atoms with Gasteiger partial charge in [-0.25, -0.2) is 0 Å². The van der Waals surface area contributed by atoms with Crippen LogP contribution in [0.2, 0.25) is 0 Å². The number of rotatable bonds is 5. The van der Waals surface area contributed by atoms with Crippen molar-refractivity contribution in [3.63, 3.8) is 0 Å². The van der Waals surface area contributed by atoms with Gasteiger partial charge >= 0.3 is 0 Å². The Hall–Kier alpha value is -1.11. The van der Waals surface area contributed by atoms with E-state index in [1.165, 1.54) is 16.7 Å². The molecule has 0 atom stereocenters. The zero-order chi connectivity index (χ0) is 12.6. The van der Waals surface area contributed by atoms with Gasteiger partial charge in [-0.3, -0.25) is 4.99 Å². The molecule has 0 aliphatic heterocycles. The Morgan fingerprint density at radius 3 is 2.12 bits per heavy atom. The Labute approximate surface area is 101 Å². The summed E-state index contributed by atoms with van der Waals surface area (Å²) in [4.78, 5) is 4.14. The summed E-state index contributed by atoms with van der Waals surface area (Å²) in [5.74, 6) is 0.543. The monoisotopic (exact) mass is 219 g/mol. The second kappa shape index (κ2) is 8.09. The summed E-state index contributed by atoms with van der Waals surface area (Å²) in [5.41, 5.74) is 3.93. The Bertz CT molecular complexity index is 314. The fourth-order valence-electron chi connectivity index (χ4n) is 1.89. The Morgan fingerprint density at radius 1 is 1.19 bits per heavy atom. The van der Waals surface area contributed by atoms with E-state index in [9.17, 15) is 0 Å². The van der Waals surface area contributed by atoms with Gasteiger partial charge in [-0.15, -0.1) is 0 Å². The van der Waals surface area contributed by atoms with E-state index < -0.39 is 0 Å². The van der Waals surface area contributed by atoms with Crippen LogP contribution in [0.15, 0.2) is 39.9 Å². The molecule has 0 aliphatic carbocycles. The molecule has 0 unspecified atom stereocenters. The number of allylic oxidation sites excluding steroid dienone is 6. The van der Waals surface area contributed by atoms with Crippen LogP contribution in [0.25, 0.3) is 0 Å². The lowest BCUT2D eigenvalue weighted by Gasteiger charge is -2.16. The Balaban J connectivity index is 5.35. The smallest absolute Gasteiger partial charge is 0.0284 e. The maximum atomic E-state index is 4.14. The zero-order valence-electron chi connectivity index (χ0n) is 11.5. The van der Waals surface area contributed by atoms with Crippen LogP contribution < -0.4 is 0 Å². The van der Waals surface area contributed by atoms with E-state index in [4.69, 9.17) is 0 Å². The van der Waals surface area contributed by atoms with Crippen molar-refractivity contribution in [3.05, 3.63) is 34.9 Å². The maximum Gasteiger partial charge on any atom is 0.0284 e. The van der Waals surface area contributed by atoms with Crippen LogP contribution in [0.5, 0.6) is 0 Å². The SMILES string of the molecule is C/C=C(C(=CCC)/C=N/C)/C(=C\C)C(C)C. The van der Waals surface area contributed by atoms with E-state index in [0.717, 1.165) is 6.42 Å². The van der Waals surface area contributed by atoms with Crippen molar-refractivity contribution in [2.45, 2.75) is 41.0 Å². The molecule has 0 amide bonds. The number of aliphatic imine (C=N–C) groups is 1. The molecular weight excluding hydrogens is 194 g/mol. The molecule has 0 heterocycles. The third-order valence-electron chi connectivity index (χ3n) is 2.54. The Morgan fingerprint density at radius 2 is 1.81 bits per heavy atom. The Kier molecular flexibility index (Phi) is 7.53. The van der Waals surface area contributed by atoms with Crippen LogP contribution in [0.3, 0.4) is 0 Å². The van der Waals surface area contributed by atoms with Crippen LogP contribution in [0.1, 0.15) is 41.0 Å². The van der Waals surface area contributed by atoms with Crippen molar-refractivity contribution in [2.75, 3.05) is 7.05 Å². The van der Waals surface area contributed by atoms with E-state index in [-0.39, 0.29) is 0 Å². The fourth-order valence-corrected chi connectivity index (χ4v) is 1.89. The molecule has 16 heavy (non-hydrogen) atoms. The zero-order valence-corrected chi connectivity index (χ0v) is 11.5. The average molecular weight is 219 g/mol. The van der Waals surface area contributed by atoms with Crippen molar-refractivity contribution in [3.8, 4) is 0 Å². The number of hydrogen-bond acceptors (Lipinski definition) is 1. The van der Waals surface area contributed by atoms with Crippen molar-refractivity contribution in [1.29, 1.82) is 0 Å². The van der Waals surface area contributed by atoms with Crippen molar-refractivity contribution in [1.82, 2.24) is 0 Å². The van der Waals surface area contributed by atoms with Crippen molar-refractivity contribution >= 4 is 6.21 Å². The van der Waals surface area contributed by atoms with Crippen LogP contribution in [-0.4, -0.2) is 13.3 Å². The van der Waals surface area contributed by atoms with Crippen LogP contribution in [0, 0.1) is 5.92 Å². The minimum atomic E-state index is 0.543. The van der Waals surface area contributed by atoms with E-state index >= 15 is 0 Å². The molecule has 90 valence electrons. The quantitative estimate of drug-likeness (QED) is 0.474. The standard InChI is InChI=1S/C15H25N/c1-7-10-13(11-16-6)15(9-3)14(8-2)12(4)5/h8-12H,7H2,1-6H3/b13-10?,14-8-,15-9+,16-11+. The molecule has 1 heteroatoms. The highest BCUT2D eigenvalue weighted by Gasteiger charge is 2.10. The van der Waals surface area contributed by atoms with Gasteiger partial charge in [-0.05, 0) is 42.9 Å². The lowest BCUT2D eigenvalue weighted by atomic mass is 9.89. The van der Waals surface area contributed by atoms with E-state index in [2.05, 4.69) is 57.8 Å². The van der Waals surface area contributed by atoms with Gasteiger partial charge in [0.2, 0.25) is 0 Å². The molecule has 0 N–H and O–H groups in total. The molecule has 0 aromatic heterocycles. The van der Waals surface area contributed by atoms with Crippen LogP contribution in [0.4, 0.5) is 0 Å². The summed E-state index contributed by atoms with van der Waals surface area (Å²) in [7, 11) is 1.82. The minimum Gasteiger partial charge on any atom is -0.296 e. The molecule has 0 bridgehead atoms. The van der Waals surface area contributed by atoms with Gasteiger partial charge in [0.05, 0.1) is 0 Å². The summed E-state index contributed by atoms with van der Waals surface area (Å²) in [5, 5.41) is 0. The molecule has 0 aliphatic rings. The lowest BCUT2D eigenvalue weighted by Crippen LogP contribution is -2.02. The van der Waals surface area contributed by atoms with Gasteiger partial charge in [0.25, 0.3) is 0 Å². The molecule has 0 radical (unpaired) electrons.